The summed E-state index contributed by atoms with van der Waals surface area (Å²) in [4.78, 5) is 11.7. The summed E-state index contributed by atoms with van der Waals surface area (Å²) in [5.41, 5.74) is 1.88. The molecule has 0 unspecified atom stereocenters. The highest BCUT2D eigenvalue weighted by molar-refractivity contribution is 5.94. The maximum atomic E-state index is 15.1. The molecule has 148 valence electrons. The molecule has 0 heterocycles. The molecule has 2 aromatic rings. The number of hydrogen-bond acceptors (Lipinski definition) is 2. The van der Waals surface area contributed by atoms with Gasteiger partial charge in [0.05, 0.1) is 5.56 Å². The standard InChI is InChI=1S/C23H26F2N2O/c1-13(2)26-18-9-7-17(8-10-18)21-16(6)22(24)19(15(5)23(21)25)11-12-20(28)27-14(3)4/h7-10,13-14,26H,1-6H3,(H,27,28). The van der Waals surface area contributed by atoms with E-state index in [1.807, 2.05) is 26.0 Å². The summed E-state index contributed by atoms with van der Waals surface area (Å²) in [5, 5.41) is 5.86. The Kier molecular flexibility index (Phi) is 6.80. The molecule has 0 aliphatic heterocycles. The third-order valence-corrected chi connectivity index (χ3v) is 4.20. The Morgan fingerprint density at radius 3 is 2.07 bits per heavy atom. The minimum Gasteiger partial charge on any atom is -0.383 e. The van der Waals surface area contributed by atoms with Crippen molar-refractivity contribution in [2.45, 2.75) is 53.6 Å². The second-order valence-corrected chi connectivity index (χ2v) is 7.38. The van der Waals surface area contributed by atoms with E-state index >= 15 is 4.39 Å². The van der Waals surface area contributed by atoms with Gasteiger partial charge in [0, 0.05) is 34.8 Å². The Morgan fingerprint density at radius 1 is 0.929 bits per heavy atom. The summed E-state index contributed by atoms with van der Waals surface area (Å²) in [6.45, 7) is 10.6. The molecule has 0 aliphatic rings. The highest BCUT2D eigenvalue weighted by atomic mass is 19.1. The molecule has 3 nitrogen and oxygen atoms in total. The van der Waals surface area contributed by atoms with Crippen LogP contribution in [0.4, 0.5) is 14.5 Å². The normalized spacial score (nSPS) is 10.6. The van der Waals surface area contributed by atoms with Crippen LogP contribution in [0.15, 0.2) is 24.3 Å². The van der Waals surface area contributed by atoms with Crippen molar-refractivity contribution < 1.29 is 13.6 Å². The molecule has 0 atom stereocenters. The maximum absolute atomic E-state index is 15.1. The van der Waals surface area contributed by atoms with Crippen molar-refractivity contribution in [2.24, 2.45) is 0 Å². The number of anilines is 1. The molecule has 0 saturated carbocycles. The Morgan fingerprint density at radius 2 is 1.54 bits per heavy atom. The first kappa shape index (κ1) is 21.4. The second kappa shape index (κ2) is 8.88. The van der Waals surface area contributed by atoms with Gasteiger partial charge in [-0.3, -0.25) is 4.79 Å². The molecule has 0 radical (unpaired) electrons. The lowest BCUT2D eigenvalue weighted by Gasteiger charge is -2.15. The molecule has 28 heavy (non-hydrogen) atoms. The van der Waals surface area contributed by atoms with Gasteiger partial charge < -0.3 is 10.6 Å². The summed E-state index contributed by atoms with van der Waals surface area (Å²) >= 11 is 0. The van der Waals surface area contributed by atoms with Crippen molar-refractivity contribution >= 4 is 11.6 Å². The summed E-state index contributed by atoms with van der Waals surface area (Å²) in [6, 6.07) is 7.39. The fraction of sp³-hybridized carbons (Fsp3) is 0.348. The van der Waals surface area contributed by atoms with Gasteiger partial charge in [0.15, 0.2) is 0 Å². The minimum atomic E-state index is -0.608. The molecule has 0 aliphatic carbocycles. The van der Waals surface area contributed by atoms with Gasteiger partial charge in [0.1, 0.15) is 11.6 Å². The smallest absolute Gasteiger partial charge is 0.296 e. The molecule has 0 fully saturated rings. The summed E-state index contributed by atoms with van der Waals surface area (Å²) in [5.74, 6) is 3.16. The first-order chi connectivity index (χ1) is 13.1. The first-order valence-electron chi connectivity index (χ1n) is 9.29. The number of hydrogen-bond donors (Lipinski definition) is 2. The van der Waals surface area contributed by atoms with Crippen molar-refractivity contribution in [2.75, 3.05) is 5.32 Å². The molecule has 5 heteroatoms. The van der Waals surface area contributed by atoms with Crippen LogP contribution in [0.3, 0.4) is 0 Å². The third kappa shape index (κ3) is 4.89. The number of carbonyl (C=O) groups excluding carboxylic acids is 1. The molecule has 0 aromatic heterocycles. The predicted octanol–water partition coefficient (Wildman–Crippen LogP) is 4.95. The lowest BCUT2D eigenvalue weighted by molar-refractivity contribution is -0.116. The molecule has 2 rings (SSSR count). The predicted molar refractivity (Wildman–Crippen MR) is 110 cm³/mol. The van der Waals surface area contributed by atoms with Crippen LogP contribution in [0.5, 0.6) is 0 Å². The average molecular weight is 384 g/mol. The molecule has 2 N–H and O–H groups in total. The van der Waals surface area contributed by atoms with Crippen molar-refractivity contribution in [3.05, 3.63) is 52.6 Å². The maximum Gasteiger partial charge on any atom is 0.296 e. The van der Waals surface area contributed by atoms with E-state index in [9.17, 15) is 9.18 Å². The van der Waals surface area contributed by atoms with Crippen molar-refractivity contribution in [1.82, 2.24) is 5.32 Å². The van der Waals surface area contributed by atoms with Crippen LogP contribution < -0.4 is 10.6 Å². The first-order valence-corrected chi connectivity index (χ1v) is 9.29. The summed E-state index contributed by atoms with van der Waals surface area (Å²) < 4.78 is 30.0. The largest absolute Gasteiger partial charge is 0.383 e. The van der Waals surface area contributed by atoms with Crippen molar-refractivity contribution in [1.29, 1.82) is 0 Å². The average Bonchev–Trinajstić information content (AvgIpc) is 2.60. The van der Waals surface area contributed by atoms with Gasteiger partial charge >= 0.3 is 0 Å². The van der Waals surface area contributed by atoms with Gasteiger partial charge in [-0.2, -0.15) is 0 Å². The zero-order valence-electron chi connectivity index (χ0n) is 17.1. The number of rotatable bonds is 4. The Balaban J connectivity index is 2.47. The molecule has 0 bridgehead atoms. The van der Waals surface area contributed by atoms with Crippen LogP contribution in [0.2, 0.25) is 0 Å². The fourth-order valence-electron chi connectivity index (χ4n) is 2.90. The van der Waals surface area contributed by atoms with Crippen LogP contribution >= 0.6 is 0 Å². The number of carbonyl (C=O) groups is 1. The van der Waals surface area contributed by atoms with Crippen LogP contribution in [0.25, 0.3) is 11.1 Å². The highest BCUT2D eigenvalue weighted by Gasteiger charge is 2.20. The van der Waals surface area contributed by atoms with Crippen molar-refractivity contribution in [3.8, 4) is 23.0 Å². The van der Waals surface area contributed by atoms with Gasteiger partial charge in [0.25, 0.3) is 5.91 Å². The number of amides is 1. The Bertz CT molecular complexity index is 907. The molecule has 0 saturated heterocycles. The molecule has 2 aromatic carbocycles. The van der Waals surface area contributed by atoms with E-state index in [4.69, 9.17) is 0 Å². The SMILES string of the molecule is Cc1c(F)c(-c2ccc(NC(C)C)cc2)c(C)c(F)c1C#CC(=O)NC(C)C. The van der Waals surface area contributed by atoms with E-state index < -0.39 is 17.5 Å². The van der Waals surface area contributed by atoms with Crippen LogP contribution in [-0.4, -0.2) is 18.0 Å². The van der Waals surface area contributed by atoms with Crippen LogP contribution in [0, 0.1) is 37.3 Å². The summed E-state index contributed by atoms with van der Waals surface area (Å²) in [6.07, 6.45) is 0. The fourth-order valence-corrected chi connectivity index (χ4v) is 2.90. The number of benzene rings is 2. The lowest BCUT2D eigenvalue weighted by atomic mass is 9.93. The van der Waals surface area contributed by atoms with E-state index in [-0.39, 0.29) is 34.3 Å². The van der Waals surface area contributed by atoms with Crippen LogP contribution in [-0.2, 0) is 4.79 Å². The zero-order valence-corrected chi connectivity index (χ0v) is 17.1. The van der Waals surface area contributed by atoms with Gasteiger partial charge in [-0.1, -0.05) is 18.1 Å². The Labute approximate surface area is 165 Å². The van der Waals surface area contributed by atoms with E-state index in [1.54, 1.807) is 26.0 Å². The van der Waals surface area contributed by atoms with Gasteiger partial charge in [-0.25, -0.2) is 8.78 Å². The lowest BCUT2D eigenvalue weighted by Crippen LogP contribution is -2.28. The summed E-state index contributed by atoms with van der Waals surface area (Å²) in [7, 11) is 0. The van der Waals surface area contributed by atoms with E-state index in [0.29, 0.717) is 5.56 Å². The topological polar surface area (TPSA) is 41.1 Å². The van der Waals surface area contributed by atoms with E-state index in [1.165, 1.54) is 13.8 Å². The highest BCUT2D eigenvalue weighted by Crippen LogP contribution is 2.33. The number of halogens is 2. The quantitative estimate of drug-likeness (QED) is 0.733. The van der Waals surface area contributed by atoms with E-state index in [0.717, 1.165) is 5.69 Å². The Hall–Kier alpha value is -2.87. The van der Waals surface area contributed by atoms with Crippen molar-refractivity contribution in [3.63, 3.8) is 0 Å². The van der Waals surface area contributed by atoms with Gasteiger partial charge in [-0.05, 0) is 64.8 Å². The second-order valence-electron chi connectivity index (χ2n) is 7.38. The molecular weight excluding hydrogens is 358 g/mol. The zero-order chi connectivity index (χ0) is 21.0. The van der Waals surface area contributed by atoms with Gasteiger partial charge in [-0.15, -0.1) is 0 Å². The van der Waals surface area contributed by atoms with Crippen LogP contribution in [0.1, 0.15) is 44.4 Å². The third-order valence-electron chi connectivity index (χ3n) is 4.20. The molecule has 0 spiro atoms. The minimum absolute atomic E-state index is 0.0817. The number of nitrogens with one attached hydrogen (secondary N) is 2. The monoisotopic (exact) mass is 384 g/mol. The molecular formula is C23H26F2N2O. The molecule has 1 amide bonds. The van der Waals surface area contributed by atoms with Gasteiger partial charge in [0.2, 0.25) is 0 Å². The van der Waals surface area contributed by atoms with E-state index in [2.05, 4.69) is 22.5 Å².